The van der Waals surface area contributed by atoms with Gasteiger partial charge in [0.05, 0.1) is 24.7 Å². The molecule has 13 nitrogen and oxygen atoms in total. The lowest BCUT2D eigenvalue weighted by molar-refractivity contribution is 0.0945. The number of piperidine rings is 1. The van der Waals surface area contributed by atoms with E-state index in [0.29, 0.717) is 42.7 Å². The molecule has 2 fully saturated rings. The van der Waals surface area contributed by atoms with Crippen molar-refractivity contribution < 1.29 is 17.9 Å². The molecule has 4 rings (SSSR count). The largest absolute Gasteiger partial charge is 0.494 e. The lowest BCUT2D eigenvalue weighted by Crippen LogP contribution is -2.54. The summed E-state index contributed by atoms with van der Waals surface area (Å²) in [5, 5.41) is 6.22. The normalized spacial score (nSPS) is 17.6. The third-order valence-electron chi connectivity index (χ3n) is 7.15. The predicted octanol–water partition coefficient (Wildman–Crippen LogP) is 2.67. The number of hydrogen-bond acceptors (Lipinski definition) is 11. The van der Waals surface area contributed by atoms with E-state index in [0.717, 1.165) is 44.7 Å². The van der Waals surface area contributed by atoms with Gasteiger partial charge in [0.1, 0.15) is 5.75 Å². The van der Waals surface area contributed by atoms with Crippen LogP contribution in [0.25, 0.3) is 0 Å². The molecule has 3 heterocycles. The van der Waals surface area contributed by atoms with Crippen molar-refractivity contribution in [2.75, 3.05) is 62.9 Å². The summed E-state index contributed by atoms with van der Waals surface area (Å²) in [6, 6.07) is 6.19. The van der Waals surface area contributed by atoms with Crippen LogP contribution in [-0.2, 0) is 16.4 Å². The fourth-order valence-electron chi connectivity index (χ4n) is 5.02. The van der Waals surface area contributed by atoms with Crippen LogP contribution in [0.15, 0.2) is 23.4 Å². The molecule has 0 bridgehead atoms. The van der Waals surface area contributed by atoms with Crippen molar-refractivity contribution in [3.63, 3.8) is 0 Å². The highest BCUT2D eigenvalue weighted by atomic mass is 35.5. The summed E-state index contributed by atoms with van der Waals surface area (Å²) in [7, 11) is -1.57. The summed E-state index contributed by atoms with van der Waals surface area (Å²) in [5.41, 5.74) is 11.0. The number of carbonyl (C=O) groups is 1. The third-order valence-corrected chi connectivity index (χ3v) is 8.76. The van der Waals surface area contributed by atoms with E-state index in [9.17, 15) is 13.2 Å². The Bertz CT molecular complexity index is 1310. The highest BCUT2D eigenvalue weighted by Crippen LogP contribution is 2.34. The zero-order chi connectivity index (χ0) is 28.2. The topological polar surface area (TPSA) is 156 Å². The second-order valence-corrected chi connectivity index (χ2v) is 11.8. The minimum absolute atomic E-state index is 0.0298. The average Bonchev–Trinajstić information content (AvgIpc) is 2.93. The van der Waals surface area contributed by atoms with E-state index in [4.69, 9.17) is 21.9 Å². The van der Waals surface area contributed by atoms with Gasteiger partial charge in [-0.15, -0.1) is 0 Å². The molecule has 2 saturated heterocycles. The summed E-state index contributed by atoms with van der Waals surface area (Å²) in [6.45, 7) is 6.19. The molecule has 0 saturated carbocycles. The van der Waals surface area contributed by atoms with E-state index in [2.05, 4.69) is 35.7 Å². The fourth-order valence-corrected chi connectivity index (χ4v) is 6.11. The molecular weight excluding hydrogens is 546 g/mol. The van der Waals surface area contributed by atoms with Gasteiger partial charge in [-0.1, -0.05) is 23.7 Å². The Kier molecular flexibility index (Phi) is 9.20. The van der Waals surface area contributed by atoms with Gasteiger partial charge in [0, 0.05) is 57.1 Å². The number of amides is 1. The maximum absolute atomic E-state index is 12.5. The molecule has 15 heteroatoms. The van der Waals surface area contributed by atoms with Crippen molar-refractivity contribution in [2.24, 2.45) is 5.22 Å². The van der Waals surface area contributed by atoms with Crippen molar-refractivity contribution in [2.45, 2.75) is 32.2 Å². The summed E-state index contributed by atoms with van der Waals surface area (Å²) in [6.07, 6.45) is 3.72. The summed E-state index contributed by atoms with van der Waals surface area (Å²) < 4.78 is 30.8. The van der Waals surface area contributed by atoms with E-state index >= 15 is 0 Å². The quantitative estimate of drug-likeness (QED) is 0.300. The number of aromatic nitrogens is 2. The first-order valence-corrected chi connectivity index (χ1v) is 15.0. The summed E-state index contributed by atoms with van der Waals surface area (Å²) >= 11 is 6.27. The Morgan fingerprint density at radius 3 is 2.46 bits per heavy atom. The second kappa shape index (κ2) is 12.4. The van der Waals surface area contributed by atoms with E-state index < -0.39 is 15.9 Å². The van der Waals surface area contributed by atoms with E-state index in [1.54, 1.807) is 11.4 Å². The first-order chi connectivity index (χ1) is 18.6. The Balaban J connectivity index is 1.44. The van der Waals surface area contributed by atoms with Crippen LogP contribution in [0.3, 0.4) is 0 Å². The number of anilines is 3. The standard InChI is InChI=1S/C24H34ClN9O4S/c1-4-18-22(25)29-23(21(27-18)24(35)30-31-26)28-19-6-5-17(15-20(19)38-2)32-9-7-16(8-10-32)33-11-13-34(14-12-33)39(3,36)37/h5-6,15-16H,4,7-14H2,1-3H3,(H,28,29)(H2,26,30,35). The highest BCUT2D eigenvalue weighted by Gasteiger charge is 2.30. The lowest BCUT2D eigenvalue weighted by atomic mass is 10.0. The number of aryl methyl sites for hydroxylation is 1. The van der Waals surface area contributed by atoms with Gasteiger partial charge in [0.25, 0.3) is 5.91 Å². The maximum Gasteiger partial charge on any atom is 0.295 e. The van der Waals surface area contributed by atoms with E-state index in [-0.39, 0.29) is 16.7 Å². The van der Waals surface area contributed by atoms with Crippen molar-refractivity contribution in [1.29, 1.82) is 5.53 Å². The molecule has 1 amide bonds. The first-order valence-electron chi connectivity index (χ1n) is 12.8. The van der Waals surface area contributed by atoms with E-state index in [1.165, 1.54) is 6.26 Å². The van der Waals surface area contributed by atoms with Crippen LogP contribution in [0.5, 0.6) is 5.75 Å². The number of benzene rings is 1. The molecule has 0 atom stereocenters. The number of sulfonamides is 1. The van der Waals surface area contributed by atoms with Gasteiger partial charge in [-0.25, -0.2) is 23.8 Å². The van der Waals surface area contributed by atoms with Crippen LogP contribution in [0.2, 0.25) is 5.15 Å². The van der Waals surface area contributed by atoms with Gasteiger partial charge in [-0.2, -0.15) is 9.84 Å². The van der Waals surface area contributed by atoms with Gasteiger partial charge in [0.15, 0.2) is 16.7 Å². The summed E-state index contributed by atoms with van der Waals surface area (Å²) in [5.74, 6) is 0.00397. The van der Waals surface area contributed by atoms with Crippen molar-refractivity contribution >= 4 is 44.7 Å². The predicted molar refractivity (Wildman–Crippen MR) is 149 cm³/mol. The number of carbonyl (C=O) groups excluding carboxylic acids is 1. The van der Waals surface area contributed by atoms with Crippen LogP contribution in [-0.4, -0.2) is 92.2 Å². The van der Waals surface area contributed by atoms with Gasteiger partial charge < -0.3 is 15.0 Å². The Morgan fingerprint density at radius 2 is 1.87 bits per heavy atom. The summed E-state index contributed by atoms with van der Waals surface area (Å²) in [4.78, 5) is 25.8. The molecule has 2 aliphatic heterocycles. The minimum atomic E-state index is -3.13. The van der Waals surface area contributed by atoms with Gasteiger partial charge in [0.2, 0.25) is 10.0 Å². The Labute approximate surface area is 233 Å². The number of nitrogens with zero attached hydrogens (tertiary/aromatic N) is 6. The molecule has 0 unspecified atom stereocenters. The smallest absolute Gasteiger partial charge is 0.295 e. The molecule has 1 aromatic carbocycles. The van der Waals surface area contributed by atoms with Crippen molar-refractivity contribution in [3.05, 3.63) is 34.7 Å². The van der Waals surface area contributed by atoms with Gasteiger partial charge in [-0.05, 0) is 31.4 Å². The zero-order valence-electron chi connectivity index (χ0n) is 22.3. The van der Waals surface area contributed by atoms with E-state index in [1.807, 2.05) is 25.1 Å². The Hall–Kier alpha value is -3.07. The number of rotatable bonds is 9. The molecule has 0 spiro atoms. The number of nitrogens with one attached hydrogen (secondary N) is 3. The Morgan fingerprint density at radius 1 is 1.18 bits per heavy atom. The van der Waals surface area contributed by atoms with Gasteiger partial charge in [-0.3, -0.25) is 9.69 Å². The average molecular weight is 580 g/mol. The fraction of sp³-hybridized carbons (Fsp3) is 0.542. The lowest BCUT2D eigenvalue weighted by Gasteiger charge is -2.42. The van der Waals surface area contributed by atoms with Gasteiger partial charge >= 0.3 is 0 Å². The monoisotopic (exact) mass is 579 g/mol. The van der Waals surface area contributed by atoms with Crippen LogP contribution in [0.1, 0.15) is 35.9 Å². The molecule has 2 aromatic rings. The number of methoxy groups -OCH3 is 1. The molecule has 212 valence electrons. The van der Waals surface area contributed by atoms with Crippen LogP contribution in [0, 0.1) is 5.53 Å². The molecule has 1 aromatic heterocycles. The third kappa shape index (κ3) is 6.75. The molecule has 3 N–H and O–H groups in total. The maximum atomic E-state index is 12.5. The number of piperazine rings is 1. The minimum Gasteiger partial charge on any atom is -0.494 e. The molecular formula is C24H34ClN9O4S. The SMILES string of the molecule is CCc1nc(C(=O)NN=N)c(Nc2ccc(N3CCC(N4CCN(S(C)(=O)=O)CC4)CC3)cc2OC)nc1Cl. The highest BCUT2D eigenvalue weighted by molar-refractivity contribution is 7.88. The second-order valence-electron chi connectivity index (χ2n) is 9.49. The van der Waals surface area contributed by atoms with Crippen LogP contribution in [0.4, 0.5) is 17.2 Å². The first kappa shape index (κ1) is 28.9. The van der Waals surface area contributed by atoms with Crippen molar-refractivity contribution in [1.82, 2.24) is 24.6 Å². The number of halogens is 1. The zero-order valence-corrected chi connectivity index (χ0v) is 23.8. The van der Waals surface area contributed by atoms with Crippen LogP contribution >= 0.6 is 11.6 Å². The molecule has 2 aliphatic rings. The van der Waals surface area contributed by atoms with Crippen molar-refractivity contribution in [3.8, 4) is 5.75 Å². The van der Waals surface area contributed by atoms with Crippen LogP contribution < -0.4 is 20.4 Å². The number of hydrogen-bond donors (Lipinski definition) is 3. The molecule has 39 heavy (non-hydrogen) atoms. The molecule has 0 radical (unpaired) electrons. The number of ether oxygens (including phenoxy) is 1. The molecule has 0 aliphatic carbocycles.